The van der Waals surface area contributed by atoms with E-state index >= 15 is 0 Å². The second-order valence-electron chi connectivity index (χ2n) is 8.20. The summed E-state index contributed by atoms with van der Waals surface area (Å²) in [7, 11) is 0. The molecule has 4 fully saturated rings. The number of rotatable bonds is 6. The van der Waals surface area contributed by atoms with Crippen LogP contribution in [0.3, 0.4) is 0 Å². The van der Waals surface area contributed by atoms with Gasteiger partial charge in [0.2, 0.25) is 0 Å². The Labute approximate surface area is 138 Å². The maximum Gasteiger partial charge on any atom is 0.309 e. The number of carbonyl (C=O) groups excluding carboxylic acids is 1. The summed E-state index contributed by atoms with van der Waals surface area (Å²) in [5.74, 6) is 0.513. The molecule has 6 unspecified atom stereocenters. The Bertz CT molecular complexity index is 480. The lowest BCUT2D eigenvalue weighted by atomic mass is 9.82. The van der Waals surface area contributed by atoms with Crippen molar-refractivity contribution < 1.29 is 23.7 Å². The van der Waals surface area contributed by atoms with E-state index in [2.05, 4.69) is 13.8 Å². The van der Waals surface area contributed by atoms with Crippen LogP contribution in [0.5, 0.6) is 0 Å². The van der Waals surface area contributed by atoms with Crippen LogP contribution in [0.25, 0.3) is 0 Å². The molecule has 2 saturated heterocycles. The molecule has 0 bridgehead atoms. The zero-order valence-electron chi connectivity index (χ0n) is 14.2. The molecule has 5 nitrogen and oxygen atoms in total. The van der Waals surface area contributed by atoms with Crippen molar-refractivity contribution in [3.8, 4) is 0 Å². The number of hydrogen-bond acceptors (Lipinski definition) is 5. The highest BCUT2D eigenvalue weighted by Crippen LogP contribution is 2.50. The molecule has 23 heavy (non-hydrogen) atoms. The quantitative estimate of drug-likeness (QED) is 0.427. The summed E-state index contributed by atoms with van der Waals surface area (Å²) in [4.78, 5) is 12.1. The zero-order chi connectivity index (χ0) is 16.1. The van der Waals surface area contributed by atoms with Crippen molar-refractivity contribution >= 4 is 5.97 Å². The largest absolute Gasteiger partial charge is 0.463 e. The van der Waals surface area contributed by atoms with Crippen LogP contribution in [-0.4, -0.2) is 49.2 Å². The van der Waals surface area contributed by atoms with Crippen LogP contribution in [0.15, 0.2) is 0 Å². The lowest BCUT2D eigenvalue weighted by molar-refractivity contribution is -0.151. The van der Waals surface area contributed by atoms with Gasteiger partial charge in [0, 0.05) is 6.61 Å². The van der Waals surface area contributed by atoms with E-state index in [-0.39, 0.29) is 23.1 Å². The Balaban J connectivity index is 1.08. The van der Waals surface area contributed by atoms with E-state index in [0.29, 0.717) is 31.3 Å². The summed E-state index contributed by atoms with van der Waals surface area (Å²) >= 11 is 0. The van der Waals surface area contributed by atoms with Gasteiger partial charge in [0.05, 0.1) is 35.9 Å². The van der Waals surface area contributed by atoms with Crippen LogP contribution in [-0.2, 0) is 23.7 Å². The Morgan fingerprint density at radius 3 is 2.70 bits per heavy atom. The Morgan fingerprint density at radius 2 is 1.91 bits per heavy atom. The summed E-state index contributed by atoms with van der Waals surface area (Å²) in [6.45, 7) is 5.91. The topological polar surface area (TPSA) is 60.6 Å². The van der Waals surface area contributed by atoms with Gasteiger partial charge in [-0.1, -0.05) is 0 Å². The Morgan fingerprint density at radius 1 is 1.09 bits per heavy atom. The van der Waals surface area contributed by atoms with Crippen LogP contribution in [0.1, 0.15) is 52.4 Å². The van der Waals surface area contributed by atoms with Crippen molar-refractivity contribution in [3.05, 3.63) is 0 Å². The van der Waals surface area contributed by atoms with Gasteiger partial charge >= 0.3 is 5.97 Å². The fourth-order valence-electron chi connectivity index (χ4n) is 4.42. The maximum absolute atomic E-state index is 12.1. The van der Waals surface area contributed by atoms with Gasteiger partial charge in [-0.25, -0.2) is 0 Å². The van der Waals surface area contributed by atoms with Gasteiger partial charge < -0.3 is 18.9 Å². The van der Waals surface area contributed by atoms with Crippen molar-refractivity contribution in [2.24, 2.45) is 11.8 Å². The van der Waals surface area contributed by atoms with Gasteiger partial charge in [-0.2, -0.15) is 0 Å². The van der Waals surface area contributed by atoms with Crippen LogP contribution in [0.4, 0.5) is 0 Å². The summed E-state index contributed by atoms with van der Waals surface area (Å²) < 4.78 is 22.4. The van der Waals surface area contributed by atoms with Gasteiger partial charge in [0.15, 0.2) is 0 Å². The number of fused-ring (bicyclic) bond motifs is 2. The molecule has 4 rings (SSSR count). The minimum atomic E-state index is -0.0800. The Kier molecular flexibility index (Phi) is 3.94. The van der Waals surface area contributed by atoms with Gasteiger partial charge in [-0.15, -0.1) is 0 Å². The van der Waals surface area contributed by atoms with Crippen LogP contribution in [0, 0.1) is 11.8 Å². The molecule has 0 amide bonds. The first-order valence-electron chi connectivity index (χ1n) is 9.08. The molecule has 2 saturated carbocycles. The molecular weight excluding hydrogens is 296 g/mol. The average Bonchev–Trinajstić information content (AvgIpc) is 3.38. The minimum Gasteiger partial charge on any atom is -0.463 e. The molecule has 4 aliphatic rings. The van der Waals surface area contributed by atoms with Crippen LogP contribution >= 0.6 is 0 Å². The fraction of sp³-hybridized carbons (Fsp3) is 0.944. The second kappa shape index (κ2) is 5.71. The van der Waals surface area contributed by atoms with E-state index < -0.39 is 0 Å². The number of hydrogen-bond donors (Lipinski definition) is 0. The van der Waals surface area contributed by atoms with E-state index in [0.717, 1.165) is 38.7 Å². The lowest BCUT2D eigenvalue weighted by Crippen LogP contribution is -2.30. The number of epoxide rings is 2. The molecule has 130 valence electrons. The van der Waals surface area contributed by atoms with E-state index in [1.54, 1.807) is 0 Å². The van der Waals surface area contributed by atoms with E-state index in [4.69, 9.17) is 18.9 Å². The Hall–Kier alpha value is -0.650. The van der Waals surface area contributed by atoms with Crippen LogP contribution < -0.4 is 0 Å². The normalized spacial score (nSPS) is 47.4. The standard InChI is InChI=1S/C18H28O5/c1-17-6-5-12(9-15(17)23-17)11-20-7-8-21-16(19)13-3-4-14-18(2,10-13)22-14/h12-15H,3-11H2,1-2H3. The van der Waals surface area contributed by atoms with Crippen LogP contribution in [0.2, 0.25) is 0 Å². The van der Waals surface area contributed by atoms with Crippen molar-refractivity contribution in [2.75, 3.05) is 19.8 Å². The molecule has 0 radical (unpaired) electrons. The molecule has 6 atom stereocenters. The minimum absolute atomic E-state index is 0.00165. The smallest absolute Gasteiger partial charge is 0.309 e. The molecule has 2 aliphatic carbocycles. The third kappa shape index (κ3) is 3.28. The number of esters is 1. The van der Waals surface area contributed by atoms with Gasteiger partial charge in [-0.05, 0) is 58.3 Å². The SMILES string of the molecule is CC12CCC(COCCOC(=O)C3CCC4OC4(C)C3)CC1O2. The van der Waals surface area contributed by atoms with Gasteiger partial charge in [0.1, 0.15) is 6.61 Å². The highest BCUT2D eigenvalue weighted by molar-refractivity contribution is 5.72. The average molecular weight is 324 g/mol. The first-order chi connectivity index (χ1) is 11.0. The lowest BCUT2D eigenvalue weighted by Gasteiger charge is -2.23. The highest BCUT2D eigenvalue weighted by Gasteiger charge is 2.57. The maximum atomic E-state index is 12.1. The van der Waals surface area contributed by atoms with Crippen molar-refractivity contribution in [1.29, 1.82) is 0 Å². The third-order valence-electron chi connectivity index (χ3n) is 6.25. The van der Waals surface area contributed by atoms with Crippen molar-refractivity contribution in [3.63, 3.8) is 0 Å². The summed E-state index contributed by atoms with van der Waals surface area (Å²) in [5, 5.41) is 0. The first kappa shape index (κ1) is 15.9. The molecule has 2 heterocycles. The molecule has 0 N–H and O–H groups in total. The fourth-order valence-corrected chi connectivity index (χ4v) is 4.42. The predicted octanol–water partition coefficient (Wildman–Crippen LogP) is 2.46. The molecule has 0 spiro atoms. The third-order valence-corrected chi connectivity index (χ3v) is 6.25. The molecule has 5 heteroatoms. The predicted molar refractivity (Wildman–Crippen MR) is 83.0 cm³/mol. The summed E-state index contributed by atoms with van der Waals surface area (Å²) in [5.41, 5.74) is 0.117. The van der Waals surface area contributed by atoms with E-state index in [1.165, 1.54) is 6.42 Å². The second-order valence-corrected chi connectivity index (χ2v) is 8.20. The van der Waals surface area contributed by atoms with Gasteiger partial charge in [-0.3, -0.25) is 4.79 Å². The molecular formula is C18H28O5. The molecule has 2 aliphatic heterocycles. The van der Waals surface area contributed by atoms with Crippen molar-refractivity contribution in [1.82, 2.24) is 0 Å². The highest BCUT2D eigenvalue weighted by atomic mass is 16.6. The van der Waals surface area contributed by atoms with E-state index in [1.807, 2.05) is 0 Å². The molecule has 0 aromatic rings. The zero-order valence-corrected chi connectivity index (χ0v) is 14.2. The van der Waals surface area contributed by atoms with E-state index in [9.17, 15) is 4.79 Å². The first-order valence-corrected chi connectivity index (χ1v) is 9.08. The summed E-state index contributed by atoms with van der Waals surface area (Å²) in [6.07, 6.45) is 6.93. The monoisotopic (exact) mass is 324 g/mol. The number of ether oxygens (including phenoxy) is 4. The molecule has 0 aromatic carbocycles. The number of carbonyl (C=O) groups is 1. The van der Waals surface area contributed by atoms with Gasteiger partial charge in [0.25, 0.3) is 0 Å². The molecule has 0 aromatic heterocycles. The summed E-state index contributed by atoms with van der Waals surface area (Å²) in [6, 6.07) is 0. The van der Waals surface area contributed by atoms with Crippen molar-refractivity contribution in [2.45, 2.75) is 75.8 Å².